The van der Waals surface area contributed by atoms with Crippen LogP contribution >= 0.6 is 0 Å². The van der Waals surface area contributed by atoms with E-state index < -0.39 is 28.1 Å². The molecule has 0 saturated heterocycles. The Bertz CT molecular complexity index is 543. The molecule has 1 heterocycles. The number of hydrogen-bond acceptors (Lipinski definition) is 5. The summed E-state index contributed by atoms with van der Waals surface area (Å²) in [5.41, 5.74) is 0. The molecule has 1 aromatic rings. The third-order valence-corrected chi connectivity index (χ3v) is 3.43. The number of pyridine rings is 1. The standard InChI is InChI=1S/C9H11N3O5S/c1-6(8(13)11-9(14)15)12-18(16,17)7-3-2-4-10-5-7/h2-6,12H,1H3,(H,11,13)(H,14,15)/t6-/m0/s1. The second kappa shape index (κ2) is 5.56. The largest absolute Gasteiger partial charge is 0.465 e. The summed E-state index contributed by atoms with van der Waals surface area (Å²) >= 11 is 0. The van der Waals surface area contributed by atoms with Crippen LogP contribution in [0.15, 0.2) is 29.4 Å². The van der Waals surface area contributed by atoms with E-state index in [4.69, 9.17) is 5.11 Å². The molecule has 0 spiro atoms. The summed E-state index contributed by atoms with van der Waals surface area (Å²) in [6, 6.07) is 1.51. The average Bonchev–Trinajstić information content (AvgIpc) is 2.28. The Kier molecular flexibility index (Phi) is 4.34. The Morgan fingerprint density at radius 3 is 2.61 bits per heavy atom. The molecule has 2 amide bonds. The molecule has 0 bridgehead atoms. The highest BCUT2D eigenvalue weighted by Gasteiger charge is 2.23. The van der Waals surface area contributed by atoms with Crippen LogP contribution in [0, 0.1) is 0 Å². The van der Waals surface area contributed by atoms with Gasteiger partial charge in [0.1, 0.15) is 4.90 Å². The Morgan fingerprint density at radius 1 is 1.44 bits per heavy atom. The van der Waals surface area contributed by atoms with Crippen LogP contribution in [0.2, 0.25) is 0 Å². The zero-order valence-electron chi connectivity index (χ0n) is 9.32. The van der Waals surface area contributed by atoms with Gasteiger partial charge >= 0.3 is 6.09 Å². The Morgan fingerprint density at radius 2 is 2.11 bits per heavy atom. The molecule has 1 rings (SSSR count). The molecule has 0 aromatic carbocycles. The maximum Gasteiger partial charge on any atom is 0.411 e. The minimum Gasteiger partial charge on any atom is -0.465 e. The number of carboxylic acid groups (broad SMARTS) is 1. The Hall–Kier alpha value is -2.00. The molecule has 3 N–H and O–H groups in total. The van der Waals surface area contributed by atoms with Crippen molar-refractivity contribution >= 4 is 22.0 Å². The third-order valence-electron chi connectivity index (χ3n) is 1.90. The van der Waals surface area contributed by atoms with E-state index in [0.29, 0.717) is 0 Å². The van der Waals surface area contributed by atoms with Gasteiger partial charge in [0.05, 0.1) is 6.04 Å². The summed E-state index contributed by atoms with van der Waals surface area (Å²) in [5, 5.41) is 9.88. The van der Waals surface area contributed by atoms with Crippen LogP contribution < -0.4 is 10.0 Å². The quantitative estimate of drug-likeness (QED) is 0.681. The first-order valence-electron chi connectivity index (χ1n) is 4.79. The maximum absolute atomic E-state index is 11.8. The first kappa shape index (κ1) is 14.1. The van der Waals surface area contributed by atoms with Gasteiger partial charge in [-0.15, -0.1) is 0 Å². The van der Waals surface area contributed by atoms with Crippen molar-refractivity contribution < 1.29 is 23.1 Å². The number of amides is 2. The van der Waals surface area contributed by atoms with Crippen molar-refractivity contribution in [1.29, 1.82) is 0 Å². The lowest BCUT2D eigenvalue weighted by molar-refractivity contribution is -0.121. The molecule has 9 heteroatoms. The Labute approximate surface area is 103 Å². The highest BCUT2D eigenvalue weighted by Crippen LogP contribution is 2.06. The second-order valence-corrected chi connectivity index (χ2v) is 5.04. The van der Waals surface area contributed by atoms with E-state index in [-0.39, 0.29) is 4.90 Å². The predicted molar refractivity (Wildman–Crippen MR) is 60.2 cm³/mol. The topological polar surface area (TPSA) is 125 Å². The van der Waals surface area contributed by atoms with Crippen LogP contribution in [-0.4, -0.2) is 36.6 Å². The van der Waals surface area contributed by atoms with Crippen molar-refractivity contribution in [2.24, 2.45) is 0 Å². The van der Waals surface area contributed by atoms with Crippen LogP contribution in [0.5, 0.6) is 0 Å². The fourth-order valence-electron chi connectivity index (χ4n) is 1.07. The van der Waals surface area contributed by atoms with Gasteiger partial charge in [0, 0.05) is 12.4 Å². The lowest BCUT2D eigenvalue weighted by Gasteiger charge is -2.12. The minimum absolute atomic E-state index is 0.111. The normalized spacial score (nSPS) is 12.7. The van der Waals surface area contributed by atoms with Gasteiger partial charge in [0.2, 0.25) is 15.9 Å². The minimum atomic E-state index is -3.91. The van der Waals surface area contributed by atoms with Crippen molar-refractivity contribution in [2.45, 2.75) is 17.9 Å². The number of nitrogens with zero attached hydrogens (tertiary/aromatic N) is 1. The smallest absolute Gasteiger partial charge is 0.411 e. The molecule has 0 unspecified atom stereocenters. The number of carbonyl (C=O) groups is 2. The number of rotatable bonds is 4. The van der Waals surface area contributed by atoms with E-state index in [1.54, 1.807) is 5.32 Å². The molecule has 8 nitrogen and oxygen atoms in total. The van der Waals surface area contributed by atoms with Gasteiger partial charge in [-0.2, -0.15) is 4.72 Å². The number of nitrogens with one attached hydrogen (secondary N) is 2. The van der Waals surface area contributed by atoms with Crippen molar-refractivity contribution in [1.82, 2.24) is 15.0 Å². The van der Waals surface area contributed by atoms with Crippen LogP contribution in [0.4, 0.5) is 4.79 Å². The molecule has 0 saturated carbocycles. The Balaban J connectivity index is 2.78. The number of aromatic nitrogens is 1. The maximum atomic E-state index is 11.8. The third kappa shape index (κ3) is 3.79. The summed E-state index contributed by atoms with van der Waals surface area (Å²) in [6.45, 7) is 1.23. The van der Waals surface area contributed by atoms with Crippen molar-refractivity contribution in [3.05, 3.63) is 24.5 Å². The zero-order valence-corrected chi connectivity index (χ0v) is 10.1. The van der Waals surface area contributed by atoms with Gasteiger partial charge in [-0.25, -0.2) is 13.2 Å². The summed E-state index contributed by atoms with van der Waals surface area (Å²) in [4.78, 5) is 25.0. The van der Waals surface area contributed by atoms with Gasteiger partial charge in [-0.05, 0) is 19.1 Å². The summed E-state index contributed by atoms with van der Waals surface area (Å²) < 4.78 is 25.5. The summed E-state index contributed by atoms with van der Waals surface area (Å²) in [7, 11) is -3.91. The molecule has 98 valence electrons. The van der Waals surface area contributed by atoms with E-state index in [2.05, 4.69) is 4.98 Å². The highest BCUT2D eigenvalue weighted by atomic mass is 32.2. The molecular weight excluding hydrogens is 262 g/mol. The molecule has 0 aliphatic heterocycles. The summed E-state index contributed by atoms with van der Waals surface area (Å²) in [5.74, 6) is -0.963. The predicted octanol–water partition coefficient (Wildman–Crippen LogP) is -0.457. The summed E-state index contributed by atoms with van der Waals surface area (Å²) in [6.07, 6.45) is 0.969. The van der Waals surface area contributed by atoms with E-state index >= 15 is 0 Å². The van der Waals surface area contributed by atoms with Crippen LogP contribution in [0.1, 0.15) is 6.92 Å². The van der Waals surface area contributed by atoms with E-state index in [1.807, 2.05) is 4.72 Å². The van der Waals surface area contributed by atoms with Crippen molar-refractivity contribution in [2.75, 3.05) is 0 Å². The zero-order chi connectivity index (χ0) is 13.8. The SMILES string of the molecule is C[C@H](NS(=O)(=O)c1cccnc1)C(=O)NC(=O)O. The molecule has 0 radical (unpaired) electrons. The number of carbonyl (C=O) groups excluding carboxylic acids is 1. The lowest BCUT2D eigenvalue weighted by atomic mass is 10.3. The first-order chi connectivity index (χ1) is 8.33. The van der Waals surface area contributed by atoms with Crippen molar-refractivity contribution in [3.63, 3.8) is 0 Å². The highest BCUT2D eigenvalue weighted by molar-refractivity contribution is 7.89. The molecule has 18 heavy (non-hydrogen) atoms. The van der Waals surface area contributed by atoms with Gasteiger partial charge in [0.15, 0.2) is 0 Å². The molecule has 1 atom stereocenters. The van der Waals surface area contributed by atoms with Gasteiger partial charge in [-0.1, -0.05) is 0 Å². The van der Waals surface area contributed by atoms with Crippen LogP contribution in [-0.2, 0) is 14.8 Å². The number of hydrogen-bond donors (Lipinski definition) is 3. The van der Waals surface area contributed by atoms with E-state index in [9.17, 15) is 18.0 Å². The van der Waals surface area contributed by atoms with Gasteiger partial charge in [0.25, 0.3) is 0 Å². The number of imide groups is 1. The molecule has 0 fully saturated rings. The average molecular weight is 273 g/mol. The van der Waals surface area contributed by atoms with Gasteiger partial charge in [-0.3, -0.25) is 15.1 Å². The molecule has 0 aliphatic rings. The first-order valence-corrected chi connectivity index (χ1v) is 6.27. The monoisotopic (exact) mass is 273 g/mol. The van der Waals surface area contributed by atoms with Crippen LogP contribution in [0.3, 0.4) is 0 Å². The van der Waals surface area contributed by atoms with E-state index in [0.717, 1.165) is 6.20 Å². The fraction of sp³-hybridized carbons (Fsp3) is 0.222. The molecular formula is C9H11N3O5S. The molecule has 1 aromatic heterocycles. The van der Waals surface area contributed by atoms with Gasteiger partial charge < -0.3 is 5.11 Å². The molecule has 0 aliphatic carbocycles. The second-order valence-electron chi connectivity index (χ2n) is 3.33. The van der Waals surface area contributed by atoms with Crippen LogP contribution in [0.25, 0.3) is 0 Å². The number of sulfonamides is 1. The fourth-order valence-corrected chi connectivity index (χ4v) is 2.24. The lowest BCUT2D eigenvalue weighted by Crippen LogP contribution is -2.46. The van der Waals surface area contributed by atoms with E-state index in [1.165, 1.54) is 25.3 Å². The van der Waals surface area contributed by atoms with Crippen molar-refractivity contribution in [3.8, 4) is 0 Å².